The van der Waals surface area contributed by atoms with E-state index in [-0.39, 0.29) is 5.76 Å². The van der Waals surface area contributed by atoms with Gasteiger partial charge in [-0.05, 0) is 63.8 Å². The van der Waals surface area contributed by atoms with Crippen molar-refractivity contribution in [2.75, 3.05) is 77.5 Å². The Morgan fingerprint density at radius 3 is 1.77 bits per heavy atom. The largest absolute Gasteiger partial charge is 0.433 e. The number of ether oxygens (including phenoxy) is 5. The molecule has 0 saturated carbocycles. The first-order valence-electron chi connectivity index (χ1n) is 15.0. The van der Waals surface area contributed by atoms with E-state index in [4.69, 9.17) is 33.8 Å². The standard InChI is InChI=1S/C31H49N3O9/c1-31(2,3)33(30(35)28-13-14-29(43-28)34(36)37)27-11-9-26(10-12-27)8-6-4-5-7-16-38-18-20-40-22-24-42-25-23-41-21-19-39-17-15-32/h9-14H,4-8,15-25,32H2,1-3H3. The smallest absolute Gasteiger partial charge is 0.395 e. The molecule has 0 aliphatic heterocycles. The van der Waals surface area contributed by atoms with Gasteiger partial charge in [0.2, 0.25) is 0 Å². The second-order valence-electron chi connectivity index (χ2n) is 10.9. The zero-order chi connectivity index (χ0) is 31.3. The highest BCUT2D eigenvalue weighted by molar-refractivity contribution is 6.05. The number of carbonyl (C=O) groups is 1. The van der Waals surface area contributed by atoms with Gasteiger partial charge in [-0.2, -0.15) is 0 Å². The third kappa shape index (κ3) is 14.9. The summed E-state index contributed by atoms with van der Waals surface area (Å²) in [5.74, 6) is -0.939. The first kappa shape index (κ1) is 36.3. The minimum Gasteiger partial charge on any atom is -0.395 e. The number of nitrogens with two attached hydrogens (primary N) is 1. The van der Waals surface area contributed by atoms with Crippen LogP contribution in [-0.4, -0.2) is 89.0 Å². The lowest BCUT2D eigenvalue weighted by Gasteiger charge is -2.35. The van der Waals surface area contributed by atoms with Crippen LogP contribution in [0.4, 0.5) is 11.6 Å². The van der Waals surface area contributed by atoms with Crippen molar-refractivity contribution in [1.29, 1.82) is 0 Å². The van der Waals surface area contributed by atoms with Crippen molar-refractivity contribution in [2.24, 2.45) is 5.73 Å². The van der Waals surface area contributed by atoms with E-state index < -0.39 is 22.3 Å². The van der Waals surface area contributed by atoms with E-state index >= 15 is 0 Å². The lowest BCUT2D eigenvalue weighted by atomic mass is 10.0. The molecular weight excluding hydrogens is 558 g/mol. The average Bonchev–Trinajstić information content (AvgIpc) is 3.47. The van der Waals surface area contributed by atoms with Gasteiger partial charge in [0, 0.05) is 24.4 Å². The topological polar surface area (TPSA) is 149 Å². The van der Waals surface area contributed by atoms with E-state index in [1.54, 1.807) is 4.90 Å². The number of benzene rings is 1. The number of hydrogen-bond acceptors (Lipinski definition) is 10. The van der Waals surface area contributed by atoms with Gasteiger partial charge in [0.15, 0.2) is 5.76 Å². The fourth-order valence-corrected chi connectivity index (χ4v) is 4.22. The van der Waals surface area contributed by atoms with E-state index in [1.165, 1.54) is 17.7 Å². The summed E-state index contributed by atoms with van der Waals surface area (Å²) in [7, 11) is 0. The molecule has 0 saturated heterocycles. The first-order chi connectivity index (χ1) is 20.7. The van der Waals surface area contributed by atoms with E-state index in [9.17, 15) is 14.9 Å². The van der Waals surface area contributed by atoms with Gasteiger partial charge in [-0.3, -0.25) is 14.9 Å². The summed E-state index contributed by atoms with van der Waals surface area (Å²) in [5, 5.41) is 11.0. The number of amides is 1. The summed E-state index contributed by atoms with van der Waals surface area (Å²) in [6, 6.07) is 10.4. The lowest BCUT2D eigenvalue weighted by Crippen LogP contribution is -2.45. The van der Waals surface area contributed by atoms with Crippen LogP contribution in [0.5, 0.6) is 0 Å². The van der Waals surface area contributed by atoms with E-state index in [0.717, 1.165) is 38.7 Å². The van der Waals surface area contributed by atoms with Crippen LogP contribution in [0.1, 0.15) is 62.6 Å². The number of nitro groups is 1. The van der Waals surface area contributed by atoms with Crippen molar-refractivity contribution < 1.29 is 37.8 Å². The van der Waals surface area contributed by atoms with Crippen molar-refractivity contribution in [2.45, 2.75) is 58.4 Å². The fraction of sp³-hybridized carbons (Fsp3) is 0.645. The minimum absolute atomic E-state index is 0.0636. The predicted molar refractivity (Wildman–Crippen MR) is 164 cm³/mol. The lowest BCUT2D eigenvalue weighted by molar-refractivity contribution is -0.402. The van der Waals surface area contributed by atoms with E-state index in [2.05, 4.69) is 0 Å². The van der Waals surface area contributed by atoms with Crippen LogP contribution < -0.4 is 10.6 Å². The summed E-state index contributed by atoms with van der Waals surface area (Å²) in [6.07, 6.45) is 5.21. The molecule has 0 spiro atoms. The maximum absolute atomic E-state index is 13.2. The Bertz CT molecular complexity index is 1040. The Balaban J connectivity index is 1.52. The van der Waals surface area contributed by atoms with Gasteiger partial charge in [0.1, 0.15) is 4.92 Å². The Hall–Kier alpha value is -2.87. The average molecular weight is 608 g/mol. The molecule has 2 aromatic rings. The summed E-state index contributed by atoms with van der Waals surface area (Å²) in [6.45, 7) is 11.9. The number of furan rings is 1. The maximum atomic E-state index is 13.2. The second-order valence-corrected chi connectivity index (χ2v) is 10.9. The monoisotopic (exact) mass is 607 g/mol. The molecule has 0 radical (unpaired) electrons. The number of nitrogens with zero attached hydrogens (tertiary/aromatic N) is 2. The second kappa shape index (κ2) is 20.9. The number of aryl methyl sites for hydroxylation is 1. The van der Waals surface area contributed by atoms with Crippen molar-refractivity contribution in [1.82, 2.24) is 0 Å². The number of anilines is 1. The molecule has 12 nitrogen and oxygen atoms in total. The van der Waals surface area contributed by atoms with Crippen LogP contribution in [0.15, 0.2) is 40.8 Å². The van der Waals surface area contributed by atoms with Gasteiger partial charge >= 0.3 is 5.88 Å². The van der Waals surface area contributed by atoms with E-state index in [0.29, 0.717) is 71.7 Å². The van der Waals surface area contributed by atoms with Crippen LogP contribution >= 0.6 is 0 Å². The Morgan fingerprint density at radius 2 is 1.28 bits per heavy atom. The van der Waals surface area contributed by atoms with Crippen LogP contribution in [-0.2, 0) is 30.1 Å². The molecule has 0 bridgehead atoms. The molecule has 43 heavy (non-hydrogen) atoms. The number of rotatable bonds is 24. The maximum Gasteiger partial charge on any atom is 0.433 e. The van der Waals surface area contributed by atoms with Gasteiger partial charge < -0.3 is 38.7 Å². The van der Waals surface area contributed by atoms with Crippen molar-refractivity contribution in [3.63, 3.8) is 0 Å². The molecule has 0 fully saturated rings. The molecule has 0 aliphatic carbocycles. The fourth-order valence-electron chi connectivity index (χ4n) is 4.22. The molecule has 0 atom stereocenters. The molecule has 0 aliphatic rings. The van der Waals surface area contributed by atoms with Gasteiger partial charge in [0.05, 0.1) is 65.5 Å². The molecule has 1 aromatic heterocycles. The van der Waals surface area contributed by atoms with Crippen LogP contribution in [0.2, 0.25) is 0 Å². The Kier molecular flexibility index (Phi) is 17.7. The number of carbonyl (C=O) groups excluding carboxylic acids is 1. The quantitative estimate of drug-likeness (QED) is 0.100. The highest BCUT2D eigenvalue weighted by Gasteiger charge is 2.31. The van der Waals surface area contributed by atoms with Crippen molar-refractivity contribution in [3.05, 3.63) is 57.8 Å². The van der Waals surface area contributed by atoms with Crippen LogP contribution in [0, 0.1) is 10.1 Å². The molecule has 1 amide bonds. The van der Waals surface area contributed by atoms with Gasteiger partial charge in [-0.1, -0.05) is 25.0 Å². The van der Waals surface area contributed by atoms with Gasteiger partial charge in [-0.15, -0.1) is 0 Å². The van der Waals surface area contributed by atoms with Crippen LogP contribution in [0.3, 0.4) is 0 Å². The SMILES string of the molecule is CC(C)(C)N(C(=O)c1ccc([N+](=O)[O-])o1)c1ccc(CCCCCCOCCOCCOCCOCCOCCN)cc1. The molecule has 1 heterocycles. The Morgan fingerprint density at radius 1 is 0.767 bits per heavy atom. The number of hydrogen-bond donors (Lipinski definition) is 1. The highest BCUT2D eigenvalue weighted by Crippen LogP contribution is 2.28. The molecule has 0 unspecified atom stereocenters. The molecule has 242 valence electrons. The summed E-state index contributed by atoms with van der Waals surface area (Å²) >= 11 is 0. The predicted octanol–water partition coefficient (Wildman–Crippen LogP) is 4.78. The Labute approximate surface area is 254 Å². The van der Waals surface area contributed by atoms with Gasteiger partial charge in [0.25, 0.3) is 5.91 Å². The van der Waals surface area contributed by atoms with Crippen LogP contribution in [0.25, 0.3) is 0 Å². The minimum atomic E-state index is -0.654. The van der Waals surface area contributed by atoms with Gasteiger partial charge in [-0.25, -0.2) is 0 Å². The van der Waals surface area contributed by atoms with Crippen molar-refractivity contribution >= 4 is 17.5 Å². The molecule has 2 rings (SSSR count). The third-order valence-electron chi connectivity index (χ3n) is 6.31. The van der Waals surface area contributed by atoms with Crippen molar-refractivity contribution in [3.8, 4) is 0 Å². The summed E-state index contributed by atoms with van der Waals surface area (Å²) < 4.78 is 32.4. The zero-order valence-corrected chi connectivity index (χ0v) is 25.9. The molecule has 1 aromatic carbocycles. The molecule has 12 heteroatoms. The molecular formula is C31H49N3O9. The molecule has 2 N–H and O–H groups in total. The highest BCUT2D eigenvalue weighted by atomic mass is 16.6. The third-order valence-corrected chi connectivity index (χ3v) is 6.31. The number of unbranched alkanes of at least 4 members (excludes halogenated alkanes) is 3. The summed E-state index contributed by atoms with van der Waals surface area (Å²) in [4.78, 5) is 25.1. The first-order valence-corrected chi connectivity index (χ1v) is 15.0. The normalized spacial score (nSPS) is 11.6. The zero-order valence-electron chi connectivity index (χ0n) is 25.9. The van der Waals surface area contributed by atoms with E-state index in [1.807, 2.05) is 45.0 Å². The summed E-state index contributed by atoms with van der Waals surface area (Å²) in [5.41, 5.74) is 6.68.